The van der Waals surface area contributed by atoms with Crippen LogP contribution in [0.4, 0.5) is 0 Å². The first-order chi connectivity index (χ1) is 6.26. The summed E-state index contributed by atoms with van der Waals surface area (Å²) < 4.78 is 0. The van der Waals surface area contributed by atoms with Crippen LogP contribution < -0.4 is 5.73 Å². The average molecular weight is 196 g/mol. The van der Waals surface area contributed by atoms with Crippen molar-refractivity contribution in [3.05, 3.63) is 0 Å². The molecule has 0 unspecified atom stereocenters. The van der Waals surface area contributed by atoms with Gasteiger partial charge in [-0.2, -0.15) is 17.9 Å². The van der Waals surface area contributed by atoms with Crippen LogP contribution in [0.2, 0.25) is 0 Å². The highest BCUT2D eigenvalue weighted by molar-refractivity contribution is 7.80. The Morgan fingerprint density at radius 1 is 1.69 bits per heavy atom. The fraction of sp³-hybridized carbons (Fsp3) is 0.500. The largest absolute Gasteiger partial charge is 0.369 e. The van der Waals surface area contributed by atoms with Crippen molar-refractivity contribution in [1.82, 2.24) is 4.90 Å². The highest BCUT2D eigenvalue weighted by Gasteiger charge is 2.02. The summed E-state index contributed by atoms with van der Waals surface area (Å²) in [5, 5.41) is 8.65. The van der Waals surface area contributed by atoms with E-state index in [0.717, 1.165) is 0 Å². The van der Waals surface area contributed by atoms with Crippen LogP contribution in [0.5, 0.6) is 0 Å². The molecule has 0 radical (unpaired) electrons. The van der Waals surface area contributed by atoms with E-state index in [0.29, 0.717) is 12.3 Å². The molecule has 0 aliphatic carbocycles. The molecule has 2 N–H and O–H groups in total. The lowest BCUT2D eigenvalue weighted by Crippen LogP contribution is -2.34. The van der Waals surface area contributed by atoms with Crippen LogP contribution >= 0.6 is 12.6 Å². The normalized spacial score (nSPS) is 9.77. The molecule has 70 valence electrons. The van der Waals surface area contributed by atoms with Crippen molar-refractivity contribution < 1.29 is 0 Å². The Bertz CT molecular complexity index is 268. The van der Waals surface area contributed by atoms with Crippen LogP contribution in [0.25, 0.3) is 0 Å². The highest BCUT2D eigenvalue weighted by Crippen LogP contribution is 1.85. The van der Waals surface area contributed by atoms with Crippen LogP contribution in [-0.4, -0.2) is 29.7 Å². The molecule has 0 bridgehead atoms. The van der Waals surface area contributed by atoms with Gasteiger partial charge in [0.15, 0.2) is 6.19 Å². The first-order valence-electron chi connectivity index (χ1n) is 3.74. The molecule has 0 aliphatic heterocycles. The van der Waals surface area contributed by atoms with E-state index >= 15 is 0 Å². The number of hydrogen-bond acceptors (Lipinski definition) is 3. The number of rotatable bonds is 3. The second-order valence-corrected chi connectivity index (χ2v) is 2.52. The third-order valence-electron chi connectivity index (χ3n) is 1.19. The van der Waals surface area contributed by atoms with Crippen LogP contribution in [0.1, 0.15) is 6.92 Å². The minimum absolute atomic E-state index is 0.194. The van der Waals surface area contributed by atoms with Gasteiger partial charge in [0.2, 0.25) is 5.96 Å². The van der Waals surface area contributed by atoms with Gasteiger partial charge in [0.1, 0.15) is 0 Å². The molecule has 4 nitrogen and oxygen atoms in total. The zero-order valence-corrected chi connectivity index (χ0v) is 8.38. The van der Waals surface area contributed by atoms with Crippen LogP contribution in [0, 0.1) is 23.3 Å². The molecule has 0 aromatic rings. The first kappa shape index (κ1) is 11.7. The number of nitrogens with zero attached hydrogens (tertiary/aromatic N) is 3. The summed E-state index contributed by atoms with van der Waals surface area (Å²) >= 11 is 3.97. The lowest BCUT2D eigenvalue weighted by molar-refractivity contribution is 0.641. The Labute approximate surface area is 83.8 Å². The molecular formula is C8H12N4S. The molecule has 0 aromatic heterocycles. The maximum absolute atomic E-state index is 8.65. The van der Waals surface area contributed by atoms with E-state index in [2.05, 4.69) is 29.5 Å². The molecule has 13 heavy (non-hydrogen) atoms. The molecule has 0 saturated carbocycles. The lowest BCUT2D eigenvalue weighted by atomic mass is 10.5. The zero-order chi connectivity index (χ0) is 10.1. The van der Waals surface area contributed by atoms with Gasteiger partial charge >= 0.3 is 0 Å². The molecule has 0 atom stereocenters. The molecule has 0 aromatic carbocycles. The average Bonchev–Trinajstić information content (AvgIpc) is 2.16. The molecule has 0 amide bonds. The van der Waals surface area contributed by atoms with E-state index in [1.165, 1.54) is 4.90 Å². The molecule has 0 fully saturated rings. The van der Waals surface area contributed by atoms with Crippen LogP contribution in [-0.2, 0) is 0 Å². The summed E-state index contributed by atoms with van der Waals surface area (Å²) in [6, 6.07) is 0. The standard InChI is InChI=1S/C8H12N4S/c1-2-3-5-12(7-9)8(10)11-4-6-13/h13H,4-6H2,1H3,(H2,10,11). The van der Waals surface area contributed by atoms with Gasteiger partial charge in [0.25, 0.3) is 0 Å². The maximum Gasteiger partial charge on any atom is 0.205 e. The molecule has 0 rings (SSSR count). The number of nitriles is 1. The fourth-order valence-electron chi connectivity index (χ4n) is 0.576. The van der Waals surface area contributed by atoms with Crippen molar-refractivity contribution in [3.8, 4) is 18.0 Å². The summed E-state index contributed by atoms with van der Waals surface area (Å²) in [5.74, 6) is 6.21. The third kappa shape index (κ3) is 5.00. The first-order valence-corrected chi connectivity index (χ1v) is 4.37. The van der Waals surface area contributed by atoms with Crippen molar-refractivity contribution in [2.75, 3.05) is 18.8 Å². The van der Waals surface area contributed by atoms with Crippen LogP contribution in [0.15, 0.2) is 4.99 Å². The van der Waals surface area contributed by atoms with Crippen LogP contribution in [0.3, 0.4) is 0 Å². The Hall–Kier alpha value is -1.33. The van der Waals surface area contributed by atoms with E-state index in [1.54, 1.807) is 6.92 Å². The number of thiol groups is 1. The van der Waals surface area contributed by atoms with Gasteiger partial charge in [-0.25, -0.2) is 4.90 Å². The van der Waals surface area contributed by atoms with Gasteiger partial charge in [0.05, 0.1) is 13.1 Å². The summed E-state index contributed by atoms with van der Waals surface area (Å²) in [4.78, 5) is 5.16. The molecule has 0 heterocycles. The van der Waals surface area contributed by atoms with E-state index in [9.17, 15) is 0 Å². The minimum Gasteiger partial charge on any atom is -0.369 e. The summed E-state index contributed by atoms with van der Waals surface area (Å²) in [6.07, 6.45) is 1.90. The van der Waals surface area contributed by atoms with E-state index in [-0.39, 0.29) is 12.5 Å². The molecule has 5 heteroatoms. The van der Waals surface area contributed by atoms with Gasteiger partial charge in [-0.1, -0.05) is 5.92 Å². The summed E-state index contributed by atoms with van der Waals surface area (Å²) in [5.41, 5.74) is 5.51. The van der Waals surface area contributed by atoms with Gasteiger partial charge in [-0.05, 0) is 6.92 Å². The van der Waals surface area contributed by atoms with Gasteiger partial charge < -0.3 is 5.73 Å². The summed E-state index contributed by atoms with van der Waals surface area (Å²) in [6.45, 7) is 2.50. The minimum atomic E-state index is 0.194. The predicted molar refractivity (Wildman–Crippen MR) is 56.1 cm³/mol. The Morgan fingerprint density at radius 2 is 2.38 bits per heavy atom. The summed E-state index contributed by atoms with van der Waals surface area (Å²) in [7, 11) is 0. The van der Waals surface area contributed by atoms with E-state index < -0.39 is 0 Å². The zero-order valence-electron chi connectivity index (χ0n) is 7.49. The van der Waals surface area contributed by atoms with Gasteiger partial charge in [0, 0.05) is 5.75 Å². The SMILES string of the molecule is CC#CCN(C#N)C(N)=NCCS. The monoisotopic (exact) mass is 196 g/mol. The smallest absolute Gasteiger partial charge is 0.205 e. The quantitative estimate of drug-likeness (QED) is 0.167. The van der Waals surface area contributed by atoms with E-state index in [4.69, 9.17) is 11.0 Å². The van der Waals surface area contributed by atoms with Gasteiger partial charge in [-0.15, -0.1) is 5.92 Å². The third-order valence-corrected chi connectivity index (χ3v) is 1.39. The predicted octanol–water partition coefficient (Wildman–Crippen LogP) is 0.0373. The van der Waals surface area contributed by atoms with Crippen molar-refractivity contribution >= 4 is 18.6 Å². The number of guanidine groups is 1. The highest BCUT2D eigenvalue weighted by atomic mass is 32.1. The topological polar surface area (TPSA) is 65.4 Å². The Balaban J connectivity index is 4.21. The molecular weight excluding hydrogens is 184 g/mol. The number of nitrogens with two attached hydrogens (primary N) is 1. The van der Waals surface area contributed by atoms with Crippen molar-refractivity contribution in [2.24, 2.45) is 10.7 Å². The maximum atomic E-state index is 8.65. The van der Waals surface area contributed by atoms with Crippen molar-refractivity contribution in [2.45, 2.75) is 6.92 Å². The van der Waals surface area contributed by atoms with Crippen molar-refractivity contribution in [1.29, 1.82) is 5.26 Å². The fourth-order valence-corrected chi connectivity index (χ4v) is 0.676. The second kappa shape index (κ2) is 7.33. The lowest BCUT2D eigenvalue weighted by Gasteiger charge is -2.09. The molecule has 0 spiro atoms. The van der Waals surface area contributed by atoms with E-state index in [1.807, 2.05) is 6.19 Å². The van der Waals surface area contributed by atoms with Crippen molar-refractivity contribution in [3.63, 3.8) is 0 Å². The molecule has 0 aliphatic rings. The molecule has 0 saturated heterocycles. The number of hydrogen-bond donors (Lipinski definition) is 2. The Morgan fingerprint density at radius 3 is 2.85 bits per heavy atom. The second-order valence-electron chi connectivity index (χ2n) is 2.08. The van der Waals surface area contributed by atoms with Gasteiger partial charge in [-0.3, -0.25) is 4.99 Å². The number of aliphatic imine (C=N–C) groups is 1. The Kier molecular flexibility index (Phi) is 6.58.